The third-order valence-electron chi connectivity index (χ3n) is 8.04. The lowest BCUT2D eigenvalue weighted by molar-refractivity contribution is -0.159. The van der Waals surface area contributed by atoms with E-state index in [1.165, 1.54) is 0 Å². The molecule has 0 aliphatic heterocycles. The normalized spacial score (nSPS) is 14.3. The van der Waals surface area contributed by atoms with Gasteiger partial charge in [-0.2, -0.15) is 11.8 Å². The highest BCUT2D eigenvalue weighted by Gasteiger charge is 2.41. The average molecular weight is 712 g/mol. The maximum absolute atomic E-state index is 14.9. The molecule has 50 heavy (non-hydrogen) atoms. The van der Waals surface area contributed by atoms with Crippen LogP contribution < -0.4 is 10.6 Å². The number of aryl methyl sites for hydroxylation is 2. The van der Waals surface area contributed by atoms with Crippen LogP contribution in [0.1, 0.15) is 110 Å². The number of alkyl carbamates (subject to hydrolysis) is 1. The third-order valence-corrected chi connectivity index (χ3v) is 8.68. The lowest BCUT2D eigenvalue weighted by Crippen LogP contribution is -2.57. The molecular weight excluding hydrogens is 651 g/mol. The number of rotatable bonds is 16. The zero-order valence-electron chi connectivity index (χ0n) is 32.3. The Hall–Kier alpha value is -3.53. The van der Waals surface area contributed by atoms with E-state index in [1.807, 2.05) is 75.6 Å². The molecule has 4 atom stereocenters. The summed E-state index contributed by atoms with van der Waals surface area (Å²) in [5.41, 5.74) is 1.69. The molecule has 0 saturated heterocycles. The first-order valence-electron chi connectivity index (χ1n) is 17.7. The molecule has 2 aromatic rings. The fraction of sp³-hybridized carbons (Fsp3) is 0.600. The van der Waals surface area contributed by atoms with Crippen molar-refractivity contribution in [2.24, 2.45) is 5.92 Å². The maximum atomic E-state index is 14.9. The molecule has 2 N–H and O–H groups in total. The highest BCUT2D eigenvalue weighted by molar-refractivity contribution is 7.98. The van der Waals surface area contributed by atoms with Crippen molar-refractivity contribution in [2.75, 3.05) is 12.0 Å². The summed E-state index contributed by atoms with van der Waals surface area (Å²) < 4.78 is 11.4. The van der Waals surface area contributed by atoms with E-state index in [0.29, 0.717) is 30.1 Å². The molecule has 0 aliphatic carbocycles. The predicted molar refractivity (Wildman–Crippen MR) is 203 cm³/mol. The smallest absolute Gasteiger partial charge is 0.408 e. The average Bonchev–Trinajstić information content (AvgIpc) is 3.00. The number of carbonyl (C=O) groups excluding carboxylic acids is 4. The molecule has 0 spiro atoms. The van der Waals surface area contributed by atoms with E-state index in [0.717, 1.165) is 23.1 Å². The van der Waals surface area contributed by atoms with E-state index in [2.05, 4.69) is 24.5 Å². The molecule has 0 radical (unpaired) electrons. The quantitative estimate of drug-likeness (QED) is 0.172. The summed E-state index contributed by atoms with van der Waals surface area (Å²) in [6.45, 7) is 20.7. The van der Waals surface area contributed by atoms with Crippen molar-refractivity contribution in [1.82, 2.24) is 15.5 Å². The second-order valence-corrected chi connectivity index (χ2v) is 16.6. The minimum Gasteiger partial charge on any atom is -0.458 e. The number of esters is 1. The number of carbonyl (C=O) groups is 4. The van der Waals surface area contributed by atoms with Crippen LogP contribution in [-0.2, 0) is 30.3 Å². The largest absolute Gasteiger partial charge is 0.458 e. The van der Waals surface area contributed by atoms with Crippen LogP contribution in [0.3, 0.4) is 0 Å². The Kier molecular flexibility index (Phi) is 16.4. The van der Waals surface area contributed by atoms with Gasteiger partial charge in [0.1, 0.15) is 29.3 Å². The minimum atomic E-state index is -1.11. The predicted octanol–water partition coefficient (Wildman–Crippen LogP) is 7.71. The number of benzene rings is 2. The standard InChI is InChI=1S/C40H61N3O6S/c1-26(2)18-21-29(5)43(36(45)32(22-23-50-12)42-38(47)49-40(9,10)11)34(31-24-27(3)19-20-28(31)4)35(44)41-33(37(46)48-39(6,7)8)25-30-16-14-13-15-17-30/h13-17,19-20,24,26,29,32-34H,18,21-23,25H2,1-12H3,(H,41,44)(H,42,47). The Bertz CT molecular complexity index is 1420. The van der Waals surface area contributed by atoms with Gasteiger partial charge in [0, 0.05) is 12.5 Å². The number of nitrogens with zero attached hydrogens (tertiary/aromatic N) is 1. The van der Waals surface area contributed by atoms with Crippen molar-refractivity contribution in [3.63, 3.8) is 0 Å². The fourth-order valence-corrected chi connectivity index (χ4v) is 6.05. The molecule has 0 aromatic heterocycles. The second kappa shape index (κ2) is 19.2. The Morgan fingerprint density at radius 2 is 1.42 bits per heavy atom. The van der Waals surface area contributed by atoms with Crippen molar-refractivity contribution < 1.29 is 28.7 Å². The van der Waals surface area contributed by atoms with Gasteiger partial charge in [-0.3, -0.25) is 9.59 Å². The molecule has 0 heterocycles. The van der Waals surface area contributed by atoms with Gasteiger partial charge >= 0.3 is 12.1 Å². The number of ether oxygens (including phenoxy) is 2. The highest BCUT2D eigenvalue weighted by Crippen LogP contribution is 2.31. The molecule has 10 heteroatoms. The summed E-state index contributed by atoms with van der Waals surface area (Å²) in [5, 5.41) is 5.84. The van der Waals surface area contributed by atoms with Gasteiger partial charge in [-0.25, -0.2) is 9.59 Å². The fourth-order valence-electron chi connectivity index (χ4n) is 5.57. The van der Waals surface area contributed by atoms with E-state index in [4.69, 9.17) is 9.47 Å². The van der Waals surface area contributed by atoms with Gasteiger partial charge in [-0.05, 0) is 116 Å². The Morgan fingerprint density at radius 1 is 0.800 bits per heavy atom. The molecule has 2 rings (SSSR count). The molecule has 4 unspecified atom stereocenters. The molecule has 9 nitrogen and oxygen atoms in total. The summed E-state index contributed by atoms with van der Waals surface area (Å²) in [7, 11) is 0. The highest BCUT2D eigenvalue weighted by atomic mass is 32.2. The van der Waals surface area contributed by atoms with E-state index in [1.54, 1.807) is 58.2 Å². The summed E-state index contributed by atoms with van der Waals surface area (Å²) in [6.07, 6.45) is 3.21. The monoisotopic (exact) mass is 711 g/mol. The van der Waals surface area contributed by atoms with Crippen LogP contribution in [0.5, 0.6) is 0 Å². The molecule has 0 aliphatic rings. The number of amides is 3. The number of nitrogens with one attached hydrogen (secondary N) is 2. The van der Waals surface area contributed by atoms with Gasteiger partial charge in [0.25, 0.3) is 0 Å². The summed E-state index contributed by atoms with van der Waals surface area (Å²) in [6, 6.07) is 11.8. The SMILES string of the molecule is CSCCC(NC(=O)OC(C)(C)C)C(=O)N(C(C)CCC(C)C)C(C(=O)NC(Cc1ccccc1)C(=O)OC(C)(C)C)c1cc(C)ccc1C. The Labute approximate surface area is 305 Å². The molecule has 0 fully saturated rings. The van der Waals surface area contributed by atoms with Gasteiger partial charge in [-0.1, -0.05) is 67.9 Å². The lowest BCUT2D eigenvalue weighted by Gasteiger charge is -2.40. The van der Waals surface area contributed by atoms with E-state index >= 15 is 0 Å². The second-order valence-electron chi connectivity index (χ2n) is 15.6. The zero-order valence-corrected chi connectivity index (χ0v) is 33.2. The summed E-state index contributed by atoms with van der Waals surface area (Å²) in [4.78, 5) is 58.2. The number of thioether (sulfide) groups is 1. The molecule has 2 aromatic carbocycles. The molecule has 278 valence electrons. The van der Waals surface area contributed by atoms with Crippen LogP contribution >= 0.6 is 11.8 Å². The Balaban J connectivity index is 2.76. The van der Waals surface area contributed by atoms with Crippen LogP contribution in [0.2, 0.25) is 0 Å². The van der Waals surface area contributed by atoms with Crippen LogP contribution in [0.4, 0.5) is 4.79 Å². The van der Waals surface area contributed by atoms with Crippen molar-refractivity contribution in [1.29, 1.82) is 0 Å². The zero-order chi connectivity index (χ0) is 37.8. The number of hydrogen-bond acceptors (Lipinski definition) is 7. The summed E-state index contributed by atoms with van der Waals surface area (Å²) >= 11 is 1.56. The number of hydrogen-bond donors (Lipinski definition) is 2. The first-order valence-corrected chi connectivity index (χ1v) is 19.1. The first kappa shape index (κ1) is 42.6. The van der Waals surface area contributed by atoms with Crippen molar-refractivity contribution >= 4 is 35.6 Å². The topological polar surface area (TPSA) is 114 Å². The van der Waals surface area contributed by atoms with E-state index in [-0.39, 0.29) is 12.3 Å². The van der Waals surface area contributed by atoms with E-state index in [9.17, 15) is 19.2 Å². The first-order chi connectivity index (χ1) is 23.2. The summed E-state index contributed by atoms with van der Waals surface area (Å²) in [5.74, 6) is -0.504. The van der Waals surface area contributed by atoms with Gasteiger partial charge < -0.3 is 25.0 Å². The Morgan fingerprint density at radius 3 is 1.98 bits per heavy atom. The van der Waals surface area contributed by atoms with Crippen LogP contribution in [0.15, 0.2) is 48.5 Å². The van der Waals surface area contributed by atoms with Crippen molar-refractivity contribution in [2.45, 2.75) is 137 Å². The van der Waals surface area contributed by atoms with Crippen molar-refractivity contribution in [3.8, 4) is 0 Å². The minimum absolute atomic E-state index is 0.203. The van der Waals surface area contributed by atoms with Gasteiger partial charge in [-0.15, -0.1) is 0 Å². The molecular formula is C40H61N3O6S. The molecule has 0 saturated carbocycles. The van der Waals surface area contributed by atoms with Crippen LogP contribution in [0.25, 0.3) is 0 Å². The maximum Gasteiger partial charge on any atom is 0.408 e. The van der Waals surface area contributed by atoms with E-state index < -0.39 is 53.3 Å². The van der Waals surface area contributed by atoms with Gasteiger partial charge in [0.2, 0.25) is 11.8 Å². The van der Waals surface area contributed by atoms with Gasteiger partial charge in [0.05, 0.1) is 0 Å². The van der Waals surface area contributed by atoms with Crippen molar-refractivity contribution in [3.05, 3.63) is 70.8 Å². The molecule has 3 amide bonds. The lowest BCUT2D eigenvalue weighted by atomic mass is 9.93. The van der Waals surface area contributed by atoms with Crippen LogP contribution in [0, 0.1) is 19.8 Å². The van der Waals surface area contributed by atoms with Gasteiger partial charge in [0.15, 0.2) is 0 Å². The third kappa shape index (κ3) is 14.4. The molecule has 0 bridgehead atoms. The van der Waals surface area contributed by atoms with Crippen LogP contribution in [-0.4, -0.2) is 70.1 Å².